The Morgan fingerprint density at radius 2 is 2.00 bits per heavy atom. The summed E-state index contributed by atoms with van der Waals surface area (Å²) >= 11 is 5.96. The lowest BCUT2D eigenvalue weighted by Crippen LogP contribution is -2.33. The largest absolute Gasteiger partial charge is 0.489 e. The number of nitrogens with one attached hydrogen (secondary N) is 1. The molecule has 1 N–H and O–H groups in total. The molecule has 0 aliphatic carbocycles. The predicted octanol–water partition coefficient (Wildman–Crippen LogP) is 3.52. The number of hydrogen-bond donors (Lipinski definition) is 1. The van der Waals surface area contributed by atoms with E-state index in [0.717, 1.165) is 16.9 Å². The van der Waals surface area contributed by atoms with Crippen LogP contribution < -0.4 is 10.2 Å². The van der Waals surface area contributed by atoms with E-state index in [4.69, 9.17) is 25.8 Å². The van der Waals surface area contributed by atoms with Crippen LogP contribution in [0.4, 0.5) is 0 Å². The number of nitrogens with zero attached hydrogens (tertiary/aromatic N) is 1. The van der Waals surface area contributed by atoms with E-state index in [-0.39, 0.29) is 12.3 Å². The fourth-order valence-corrected chi connectivity index (χ4v) is 2.83. The third kappa shape index (κ3) is 6.06. The van der Waals surface area contributed by atoms with E-state index in [1.165, 1.54) is 0 Å². The van der Waals surface area contributed by atoms with E-state index in [9.17, 15) is 4.79 Å². The summed E-state index contributed by atoms with van der Waals surface area (Å²) in [5, 5.41) is 4.64. The molecule has 2 aromatic carbocycles. The smallest absolute Gasteiger partial charge is 0.245 e. The van der Waals surface area contributed by atoms with E-state index in [1.54, 1.807) is 13.1 Å². The van der Waals surface area contributed by atoms with Crippen LogP contribution in [0.25, 0.3) is 0 Å². The minimum atomic E-state index is -0.860. The van der Waals surface area contributed by atoms with Crippen LogP contribution >= 0.6 is 11.6 Å². The van der Waals surface area contributed by atoms with E-state index >= 15 is 0 Å². The fourth-order valence-electron chi connectivity index (χ4n) is 2.61. The molecule has 1 fully saturated rings. The van der Waals surface area contributed by atoms with E-state index < -0.39 is 5.79 Å². The lowest BCUT2D eigenvalue weighted by atomic mass is 10.2. The van der Waals surface area contributed by atoms with Gasteiger partial charge in [-0.15, -0.1) is 0 Å². The van der Waals surface area contributed by atoms with Gasteiger partial charge in [0, 0.05) is 5.02 Å². The van der Waals surface area contributed by atoms with Crippen molar-refractivity contribution in [2.24, 2.45) is 5.10 Å². The number of hydrogen-bond acceptors (Lipinski definition) is 5. The van der Waals surface area contributed by atoms with E-state index in [2.05, 4.69) is 10.5 Å². The zero-order chi connectivity index (χ0) is 19.1. The zero-order valence-electron chi connectivity index (χ0n) is 15.0. The molecule has 6 nitrogen and oxygen atoms in total. The number of hydrazone groups is 1. The molecule has 2 aromatic rings. The zero-order valence-corrected chi connectivity index (χ0v) is 15.7. The fraction of sp³-hybridized carbons (Fsp3) is 0.300. The molecule has 0 unspecified atom stereocenters. The van der Waals surface area contributed by atoms with Gasteiger partial charge >= 0.3 is 0 Å². The van der Waals surface area contributed by atoms with Crippen LogP contribution in [0.15, 0.2) is 53.6 Å². The molecule has 7 heteroatoms. The topological polar surface area (TPSA) is 69.2 Å². The summed E-state index contributed by atoms with van der Waals surface area (Å²) in [5.74, 6) is -0.390. The number of carbonyl (C=O) groups is 1. The number of carbonyl (C=O) groups excluding carboxylic acids is 1. The number of rotatable bonds is 7. The van der Waals surface area contributed by atoms with Crippen molar-refractivity contribution in [1.82, 2.24) is 5.43 Å². The lowest BCUT2D eigenvalue weighted by Gasteiger charge is -2.20. The molecule has 142 valence electrons. The standard InChI is InChI=1S/C20H21ClN2O4/c1-20(26-9-10-27-20)12-19(24)23-22-13-15-5-7-18(8-6-15)25-14-16-3-2-4-17(21)11-16/h2-8,11,13H,9-10,12,14H2,1H3,(H,23,24)/b22-13+. The summed E-state index contributed by atoms with van der Waals surface area (Å²) in [6.45, 7) is 3.18. The Balaban J connectivity index is 1.45. The SMILES string of the molecule is CC1(CC(=O)N/N=C/c2ccc(OCc3cccc(Cl)c3)cc2)OCCO1. The molecule has 1 amide bonds. The number of amides is 1. The average molecular weight is 389 g/mol. The van der Waals surface area contributed by atoms with Crippen LogP contribution in [0.5, 0.6) is 5.75 Å². The third-order valence-electron chi connectivity index (χ3n) is 3.96. The first-order valence-electron chi connectivity index (χ1n) is 8.60. The lowest BCUT2D eigenvalue weighted by molar-refractivity contribution is -0.159. The first kappa shape index (κ1) is 19.4. The molecule has 0 bridgehead atoms. The van der Waals surface area contributed by atoms with Gasteiger partial charge in [-0.1, -0.05) is 23.7 Å². The molecule has 0 radical (unpaired) electrons. The average Bonchev–Trinajstić information content (AvgIpc) is 3.07. The molecule has 3 rings (SSSR count). The number of halogens is 1. The van der Waals surface area contributed by atoms with Gasteiger partial charge in [-0.05, 0) is 54.4 Å². The molecular formula is C20H21ClN2O4. The molecule has 0 aromatic heterocycles. The second-order valence-corrected chi connectivity index (χ2v) is 6.72. The van der Waals surface area contributed by atoms with Gasteiger partial charge < -0.3 is 14.2 Å². The molecular weight excluding hydrogens is 368 g/mol. The molecule has 1 aliphatic rings. The van der Waals surface area contributed by atoms with Gasteiger partial charge in [-0.25, -0.2) is 5.43 Å². The minimum Gasteiger partial charge on any atom is -0.489 e. The Morgan fingerprint density at radius 3 is 2.70 bits per heavy atom. The van der Waals surface area contributed by atoms with Crippen molar-refractivity contribution in [1.29, 1.82) is 0 Å². The minimum absolute atomic E-state index is 0.0978. The molecule has 1 heterocycles. The van der Waals surface area contributed by atoms with Crippen molar-refractivity contribution in [2.45, 2.75) is 25.7 Å². The Morgan fingerprint density at radius 1 is 1.26 bits per heavy atom. The maximum Gasteiger partial charge on any atom is 0.245 e. The molecule has 0 spiro atoms. The summed E-state index contributed by atoms with van der Waals surface area (Å²) in [7, 11) is 0. The van der Waals surface area contributed by atoms with Gasteiger partial charge in [-0.2, -0.15) is 5.10 Å². The van der Waals surface area contributed by atoms with Crippen LogP contribution in [0, 0.1) is 0 Å². The Labute approximate surface area is 163 Å². The van der Waals surface area contributed by atoms with Crippen LogP contribution in [0.2, 0.25) is 5.02 Å². The number of ether oxygens (including phenoxy) is 3. The van der Waals surface area contributed by atoms with Crippen LogP contribution in [0.3, 0.4) is 0 Å². The Hall–Kier alpha value is -2.41. The highest BCUT2D eigenvalue weighted by molar-refractivity contribution is 6.30. The second-order valence-electron chi connectivity index (χ2n) is 6.29. The first-order chi connectivity index (χ1) is 13.0. The van der Waals surface area contributed by atoms with Crippen LogP contribution in [0.1, 0.15) is 24.5 Å². The highest BCUT2D eigenvalue weighted by Crippen LogP contribution is 2.22. The summed E-state index contributed by atoms with van der Waals surface area (Å²) in [6, 6.07) is 14.9. The van der Waals surface area contributed by atoms with Gasteiger partial charge in [0.2, 0.25) is 5.91 Å². The van der Waals surface area contributed by atoms with Gasteiger partial charge in [0.1, 0.15) is 12.4 Å². The molecule has 1 aliphatic heterocycles. The summed E-state index contributed by atoms with van der Waals surface area (Å²) in [5.41, 5.74) is 4.31. The molecule has 27 heavy (non-hydrogen) atoms. The molecule has 0 saturated carbocycles. The van der Waals surface area contributed by atoms with Gasteiger partial charge in [0.05, 0.1) is 25.8 Å². The van der Waals surface area contributed by atoms with E-state index in [0.29, 0.717) is 24.8 Å². The van der Waals surface area contributed by atoms with Crippen molar-refractivity contribution in [3.63, 3.8) is 0 Å². The monoisotopic (exact) mass is 388 g/mol. The first-order valence-corrected chi connectivity index (χ1v) is 8.97. The van der Waals surface area contributed by atoms with Gasteiger partial charge in [0.25, 0.3) is 0 Å². The molecule has 0 atom stereocenters. The summed E-state index contributed by atoms with van der Waals surface area (Å²) < 4.78 is 16.5. The van der Waals surface area contributed by atoms with E-state index in [1.807, 2.05) is 48.5 Å². The normalized spacial score (nSPS) is 15.8. The van der Waals surface area contributed by atoms with Crippen LogP contribution in [-0.4, -0.2) is 31.1 Å². The highest BCUT2D eigenvalue weighted by Gasteiger charge is 2.33. The highest BCUT2D eigenvalue weighted by atomic mass is 35.5. The van der Waals surface area contributed by atoms with Crippen molar-refractivity contribution in [2.75, 3.05) is 13.2 Å². The van der Waals surface area contributed by atoms with Crippen LogP contribution in [-0.2, 0) is 20.9 Å². The predicted molar refractivity (Wildman–Crippen MR) is 103 cm³/mol. The van der Waals surface area contributed by atoms with Gasteiger partial charge in [0.15, 0.2) is 5.79 Å². The summed E-state index contributed by atoms with van der Waals surface area (Å²) in [4.78, 5) is 11.9. The molecule has 1 saturated heterocycles. The second kappa shape index (κ2) is 8.99. The third-order valence-corrected chi connectivity index (χ3v) is 4.19. The Bertz CT molecular complexity index is 802. The summed E-state index contributed by atoms with van der Waals surface area (Å²) in [6.07, 6.45) is 1.66. The van der Waals surface area contributed by atoms with Crippen molar-refractivity contribution in [3.05, 3.63) is 64.7 Å². The maximum absolute atomic E-state index is 11.9. The number of benzene rings is 2. The van der Waals surface area contributed by atoms with Gasteiger partial charge in [-0.3, -0.25) is 4.79 Å². The quantitative estimate of drug-likeness (QED) is 0.582. The maximum atomic E-state index is 11.9. The van der Waals surface area contributed by atoms with Crippen molar-refractivity contribution >= 4 is 23.7 Å². The Kier molecular flexibility index (Phi) is 6.45. The van der Waals surface area contributed by atoms with Crippen molar-refractivity contribution in [3.8, 4) is 5.75 Å². The van der Waals surface area contributed by atoms with Crippen molar-refractivity contribution < 1.29 is 19.0 Å².